The van der Waals surface area contributed by atoms with E-state index < -0.39 is 30.0 Å². The molecule has 1 aliphatic rings. The smallest absolute Gasteiger partial charge is 0.406 e. The molecule has 5 heterocycles. The van der Waals surface area contributed by atoms with Gasteiger partial charge in [-0.25, -0.2) is 18.6 Å². The lowest BCUT2D eigenvalue weighted by Gasteiger charge is -2.36. The summed E-state index contributed by atoms with van der Waals surface area (Å²) < 4.78 is 76.2. The second-order valence-electron chi connectivity index (χ2n) is 9.35. The predicted octanol–water partition coefficient (Wildman–Crippen LogP) is 2.75. The summed E-state index contributed by atoms with van der Waals surface area (Å²) in [6.07, 6.45) is -3.30. The van der Waals surface area contributed by atoms with E-state index in [4.69, 9.17) is 10.2 Å². The van der Waals surface area contributed by atoms with Crippen molar-refractivity contribution in [3.8, 4) is 11.6 Å². The van der Waals surface area contributed by atoms with Crippen LogP contribution in [0.4, 0.5) is 33.6 Å². The van der Waals surface area contributed by atoms with E-state index in [1.165, 1.54) is 18.4 Å². The van der Waals surface area contributed by atoms with Crippen LogP contribution < -0.4 is 16.3 Å². The van der Waals surface area contributed by atoms with E-state index in [1.54, 1.807) is 17.0 Å². The maximum Gasteiger partial charge on any atom is 0.406 e. The number of nitrogen functional groups attached to an aromatic ring is 1. The van der Waals surface area contributed by atoms with Gasteiger partial charge in [0.15, 0.2) is 17.1 Å². The van der Waals surface area contributed by atoms with Gasteiger partial charge in [0, 0.05) is 45.3 Å². The van der Waals surface area contributed by atoms with Crippen molar-refractivity contribution in [2.45, 2.75) is 19.3 Å². The van der Waals surface area contributed by atoms with Gasteiger partial charge in [-0.05, 0) is 24.3 Å². The molecule has 210 valence electrons. The number of halogens is 5. The normalized spacial score (nSPS) is 15.1. The minimum atomic E-state index is -4.70. The average Bonchev–Trinajstić information content (AvgIpc) is 3.63. The number of hydrogen-bond donors (Lipinski definition) is 1. The Morgan fingerprint density at radius 3 is 2.42 bits per heavy atom. The first-order valence-corrected chi connectivity index (χ1v) is 12.3. The van der Waals surface area contributed by atoms with Gasteiger partial charge < -0.3 is 15.1 Å². The third-order valence-corrected chi connectivity index (χ3v) is 6.80. The summed E-state index contributed by atoms with van der Waals surface area (Å²) in [6.45, 7) is 0.630. The fourth-order valence-corrected chi connectivity index (χ4v) is 4.92. The number of alkyl halides is 3. The number of rotatable bonds is 6. The molecule has 16 heteroatoms. The second kappa shape index (κ2) is 9.62. The molecule has 0 bridgehead atoms. The number of nitrogens with two attached hydrogens (primary N) is 1. The molecule has 40 heavy (non-hydrogen) atoms. The van der Waals surface area contributed by atoms with Crippen LogP contribution in [0.5, 0.6) is 0 Å². The van der Waals surface area contributed by atoms with Gasteiger partial charge in [-0.15, -0.1) is 5.10 Å². The molecule has 1 aliphatic heterocycles. The Morgan fingerprint density at radius 1 is 0.975 bits per heavy atom. The van der Waals surface area contributed by atoms with Crippen LogP contribution in [0.25, 0.3) is 28.4 Å². The van der Waals surface area contributed by atoms with Gasteiger partial charge in [0.2, 0.25) is 11.8 Å². The lowest BCUT2D eigenvalue weighted by molar-refractivity contribution is -0.140. The molecule has 1 aromatic carbocycles. The van der Waals surface area contributed by atoms with Crippen LogP contribution in [-0.2, 0) is 13.1 Å². The van der Waals surface area contributed by atoms with E-state index in [9.17, 15) is 26.7 Å². The molecule has 1 saturated heterocycles. The van der Waals surface area contributed by atoms with E-state index in [-0.39, 0.29) is 40.9 Å². The Kier molecular flexibility index (Phi) is 6.20. The van der Waals surface area contributed by atoms with Gasteiger partial charge in [0.1, 0.15) is 23.7 Å². The number of imidazole rings is 1. The zero-order valence-electron chi connectivity index (χ0n) is 20.8. The van der Waals surface area contributed by atoms with Crippen LogP contribution in [0.1, 0.15) is 0 Å². The number of hydrogen-bond acceptors (Lipinski definition) is 8. The molecule has 0 atom stereocenters. The average molecular weight is 563 g/mol. The highest BCUT2D eigenvalue weighted by Gasteiger charge is 2.33. The van der Waals surface area contributed by atoms with Gasteiger partial charge in [-0.1, -0.05) is 0 Å². The number of furan rings is 1. The van der Waals surface area contributed by atoms with E-state index in [0.29, 0.717) is 43.0 Å². The monoisotopic (exact) mass is 563 g/mol. The maximum atomic E-state index is 14.2. The molecule has 1 fully saturated rings. The molecule has 0 spiro atoms. The Morgan fingerprint density at radius 2 is 1.75 bits per heavy atom. The molecule has 0 aliphatic carbocycles. The molecule has 5 aromatic rings. The number of benzene rings is 1. The molecular formula is C24H22F5N9O2. The first-order chi connectivity index (χ1) is 19.1. The summed E-state index contributed by atoms with van der Waals surface area (Å²) in [5.41, 5.74) is 5.18. The minimum absolute atomic E-state index is 0.0207. The predicted molar refractivity (Wildman–Crippen MR) is 134 cm³/mol. The first kappa shape index (κ1) is 25.8. The van der Waals surface area contributed by atoms with Crippen LogP contribution in [-0.4, -0.2) is 72.5 Å². The summed E-state index contributed by atoms with van der Waals surface area (Å²) in [5.74, 6) is -1.15. The molecule has 0 amide bonds. The van der Waals surface area contributed by atoms with Gasteiger partial charge in [0.05, 0.1) is 12.0 Å². The molecule has 0 unspecified atom stereocenters. The molecule has 2 N–H and O–H groups in total. The number of fused-ring (bicyclic) bond motifs is 3. The Balaban J connectivity index is 1.31. The van der Waals surface area contributed by atoms with Crippen molar-refractivity contribution in [1.82, 2.24) is 33.6 Å². The molecule has 0 saturated carbocycles. The SMILES string of the molecule is Nc1nc2c(c3nc(-c4ccco4)nn13)n(CC(F)(F)F)c(=O)n2CCN1CCN(c2ccc(F)cc2F)CC1. The quantitative estimate of drug-likeness (QED) is 0.314. The summed E-state index contributed by atoms with van der Waals surface area (Å²) in [4.78, 5) is 25.6. The van der Waals surface area contributed by atoms with E-state index in [2.05, 4.69) is 15.1 Å². The highest BCUT2D eigenvalue weighted by atomic mass is 19.4. The van der Waals surface area contributed by atoms with Gasteiger partial charge in [-0.3, -0.25) is 14.0 Å². The van der Waals surface area contributed by atoms with Crippen molar-refractivity contribution in [3.05, 3.63) is 58.7 Å². The van der Waals surface area contributed by atoms with Crippen molar-refractivity contribution >= 4 is 28.4 Å². The van der Waals surface area contributed by atoms with Crippen molar-refractivity contribution in [3.63, 3.8) is 0 Å². The summed E-state index contributed by atoms with van der Waals surface area (Å²) >= 11 is 0. The lowest BCUT2D eigenvalue weighted by Crippen LogP contribution is -2.47. The van der Waals surface area contributed by atoms with Crippen molar-refractivity contribution in [2.75, 3.05) is 43.4 Å². The van der Waals surface area contributed by atoms with Crippen LogP contribution >= 0.6 is 0 Å². The fraction of sp³-hybridized carbons (Fsp3) is 0.333. The highest BCUT2D eigenvalue weighted by Crippen LogP contribution is 2.26. The standard InChI is InChI=1S/C24H22F5N9O2/c25-14-3-4-16(15(26)12-14)35-8-5-34(6-9-35)7-10-36-20-18(37(23(36)39)13-24(27,28)29)21-31-19(17-2-1-11-40-17)33-38(21)22(30)32-20/h1-4,11-12H,5-10,13H2,(H2,30,32). The number of nitrogens with zero attached hydrogens (tertiary/aromatic N) is 8. The summed E-state index contributed by atoms with van der Waals surface area (Å²) in [7, 11) is 0. The van der Waals surface area contributed by atoms with Crippen LogP contribution in [0.15, 0.2) is 45.8 Å². The van der Waals surface area contributed by atoms with Crippen LogP contribution in [0, 0.1) is 11.6 Å². The Hall–Kier alpha value is -4.47. The molecule has 0 radical (unpaired) electrons. The fourth-order valence-electron chi connectivity index (χ4n) is 4.92. The number of aromatic nitrogens is 6. The molecule has 6 rings (SSSR count). The highest BCUT2D eigenvalue weighted by molar-refractivity contribution is 5.88. The second-order valence-corrected chi connectivity index (χ2v) is 9.35. The van der Waals surface area contributed by atoms with E-state index in [1.807, 2.05) is 4.90 Å². The zero-order valence-corrected chi connectivity index (χ0v) is 20.8. The third-order valence-electron chi connectivity index (χ3n) is 6.80. The maximum absolute atomic E-state index is 14.2. The third kappa shape index (κ3) is 4.63. The lowest BCUT2D eigenvalue weighted by atomic mass is 10.2. The van der Waals surface area contributed by atoms with Gasteiger partial charge in [0.25, 0.3) is 0 Å². The van der Waals surface area contributed by atoms with Crippen molar-refractivity contribution in [2.24, 2.45) is 0 Å². The minimum Gasteiger partial charge on any atom is -0.461 e. The largest absolute Gasteiger partial charge is 0.461 e. The van der Waals surface area contributed by atoms with Crippen molar-refractivity contribution in [1.29, 1.82) is 0 Å². The van der Waals surface area contributed by atoms with E-state index in [0.717, 1.165) is 15.1 Å². The number of anilines is 2. The van der Waals surface area contributed by atoms with Crippen LogP contribution in [0.3, 0.4) is 0 Å². The van der Waals surface area contributed by atoms with Gasteiger partial charge >= 0.3 is 11.9 Å². The summed E-state index contributed by atoms with van der Waals surface area (Å²) in [5, 5.41) is 4.20. The zero-order chi connectivity index (χ0) is 28.2. The first-order valence-electron chi connectivity index (χ1n) is 12.3. The van der Waals surface area contributed by atoms with E-state index >= 15 is 0 Å². The van der Waals surface area contributed by atoms with Crippen LogP contribution in [0.2, 0.25) is 0 Å². The van der Waals surface area contributed by atoms with Gasteiger partial charge in [-0.2, -0.15) is 22.7 Å². The Bertz CT molecular complexity index is 1750. The Labute approximate surface area is 221 Å². The topological polar surface area (TPSA) is 116 Å². The molecule has 11 nitrogen and oxygen atoms in total. The summed E-state index contributed by atoms with van der Waals surface area (Å²) in [6, 6.07) is 6.58. The molecular weight excluding hydrogens is 541 g/mol. The van der Waals surface area contributed by atoms with Crippen molar-refractivity contribution < 1.29 is 26.4 Å². The number of piperazine rings is 1. The molecule has 4 aromatic heterocycles.